The van der Waals surface area contributed by atoms with Gasteiger partial charge >= 0.3 is 0 Å². The summed E-state index contributed by atoms with van der Waals surface area (Å²) in [6.07, 6.45) is 2.07. The molecule has 2 unspecified atom stereocenters. The molecule has 0 bridgehead atoms. The highest BCUT2D eigenvalue weighted by molar-refractivity contribution is 5.30. The third-order valence-corrected chi connectivity index (χ3v) is 6.65. The normalized spacial score (nSPS) is 15.4. The molecule has 0 radical (unpaired) electrons. The van der Waals surface area contributed by atoms with Gasteiger partial charge in [0.25, 0.3) is 0 Å². The Balaban J connectivity index is 2.01. The van der Waals surface area contributed by atoms with Crippen LogP contribution in [0.4, 0.5) is 0 Å². The minimum Gasteiger partial charge on any atom is -0.380 e. The second-order valence-corrected chi connectivity index (χ2v) is 8.99. The molecule has 0 saturated carbocycles. The molecule has 0 amide bonds. The first-order chi connectivity index (χ1) is 14.9. The van der Waals surface area contributed by atoms with Crippen LogP contribution in [0.5, 0.6) is 0 Å². The summed E-state index contributed by atoms with van der Waals surface area (Å²) in [5.74, 6) is 0. The smallest absolute Gasteiger partial charge is 0.0716 e. The zero-order chi connectivity index (χ0) is 22.7. The second-order valence-electron chi connectivity index (χ2n) is 8.99. The number of benzene rings is 2. The Morgan fingerprint density at radius 2 is 0.903 bits per heavy atom. The molecule has 2 rings (SSSR count). The fraction of sp³-hybridized carbons (Fsp3) is 0.571. The van der Waals surface area contributed by atoms with Crippen molar-refractivity contribution in [2.45, 2.75) is 78.4 Å². The number of rotatable bonds is 14. The van der Waals surface area contributed by atoms with Crippen LogP contribution in [-0.4, -0.2) is 26.4 Å². The van der Waals surface area contributed by atoms with Gasteiger partial charge in [-0.2, -0.15) is 0 Å². The van der Waals surface area contributed by atoms with Crippen molar-refractivity contribution in [3.05, 3.63) is 70.8 Å². The van der Waals surface area contributed by atoms with Crippen molar-refractivity contribution in [1.29, 1.82) is 0 Å². The van der Waals surface area contributed by atoms with E-state index in [2.05, 4.69) is 76.2 Å². The summed E-state index contributed by atoms with van der Waals surface area (Å²) in [6.45, 7) is 17.4. The van der Waals surface area contributed by atoms with Crippen LogP contribution in [0.3, 0.4) is 0 Å². The van der Waals surface area contributed by atoms with E-state index in [1.54, 1.807) is 0 Å². The van der Waals surface area contributed by atoms with Crippen LogP contribution in [0.25, 0.3) is 0 Å². The number of ether oxygens (including phenoxy) is 3. The van der Waals surface area contributed by atoms with Crippen molar-refractivity contribution in [2.24, 2.45) is 0 Å². The summed E-state index contributed by atoms with van der Waals surface area (Å²) in [5.41, 5.74) is 5.09. The van der Waals surface area contributed by atoms with E-state index in [1.807, 2.05) is 13.8 Å². The fourth-order valence-corrected chi connectivity index (χ4v) is 3.73. The Labute approximate surface area is 190 Å². The fourth-order valence-electron chi connectivity index (χ4n) is 3.73. The van der Waals surface area contributed by atoms with Crippen molar-refractivity contribution >= 4 is 0 Å². The molecule has 0 fully saturated rings. The van der Waals surface area contributed by atoms with Gasteiger partial charge in [0.1, 0.15) is 0 Å². The second kappa shape index (κ2) is 12.4. The van der Waals surface area contributed by atoms with E-state index in [1.165, 1.54) is 22.3 Å². The van der Waals surface area contributed by atoms with E-state index < -0.39 is 0 Å². The average Bonchev–Trinajstić information content (AvgIpc) is 2.81. The maximum absolute atomic E-state index is 6.40. The van der Waals surface area contributed by atoms with E-state index in [4.69, 9.17) is 14.2 Å². The first-order valence-electron chi connectivity index (χ1n) is 11.8. The highest BCUT2D eigenvalue weighted by Crippen LogP contribution is 2.32. The molecular weight excluding hydrogens is 384 g/mol. The minimum atomic E-state index is 0.000143. The summed E-state index contributed by atoms with van der Waals surface area (Å²) in [5, 5.41) is 0. The molecule has 0 aliphatic rings. The molecule has 0 aliphatic carbocycles. The first-order valence-corrected chi connectivity index (χ1v) is 11.8. The largest absolute Gasteiger partial charge is 0.380 e. The maximum atomic E-state index is 6.40. The Morgan fingerprint density at radius 1 is 0.548 bits per heavy atom. The maximum Gasteiger partial charge on any atom is 0.0716 e. The SMILES string of the molecule is CCOCc1ccc(C(C)(CC)COCC(C)(CC)c2ccc(COCC)cc2)cc1. The molecule has 0 aliphatic heterocycles. The summed E-state index contributed by atoms with van der Waals surface area (Å²) in [4.78, 5) is 0. The summed E-state index contributed by atoms with van der Waals surface area (Å²) in [6, 6.07) is 17.7. The highest BCUT2D eigenvalue weighted by atomic mass is 16.5. The summed E-state index contributed by atoms with van der Waals surface area (Å²) < 4.78 is 17.4. The zero-order valence-corrected chi connectivity index (χ0v) is 20.5. The van der Waals surface area contributed by atoms with Gasteiger partial charge in [-0.3, -0.25) is 0 Å². The van der Waals surface area contributed by atoms with Crippen LogP contribution < -0.4 is 0 Å². The van der Waals surface area contributed by atoms with Crippen molar-refractivity contribution < 1.29 is 14.2 Å². The molecule has 31 heavy (non-hydrogen) atoms. The molecule has 2 aromatic rings. The van der Waals surface area contributed by atoms with Crippen LogP contribution >= 0.6 is 0 Å². The molecule has 2 aromatic carbocycles. The van der Waals surface area contributed by atoms with Crippen LogP contribution in [0, 0.1) is 0 Å². The third-order valence-electron chi connectivity index (χ3n) is 6.65. The van der Waals surface area contributed by atoms with E-state index in [0.717, 1.165) is 26.1 Å². The van der Waals surface area contributed by atoms with Gasteiger partial charge in [-0.25, -0.2) is 0 Å². The monoisotopic (exact) mass is 426 g/mol. The lowest BCUT2D eigenvalue weighted by Gasteiger charge is -2.33. The van der Waals surface area contributed by atoms with Crippen LogP contribution in [0.2, 0.25) is 0 Å². The summed E-state index contributed by atoms with van der Waals surface area (Å²) in [7, 11) is 0. The van der Waals surface area contributed by atoms with Crippen LogP contribution in [0.1, 0.15) is 76.6 Å². The quantitative estimate of drug-likeness (QED) is 0.332. The van der Waals surface area contributed by atoms with Gasteiger partial charge in [0.15, 0.2) is 0 Å². The van der Waals surface area contributed by atoms with Crippen LogP contribution in [0.15, 0.2) is 48.5 Å². The number of hydrogen-bond acceptors (Lipinski definition) is 3. The Hall–Kier alpha value is -1.68. The third kappa shape index (κ3) is 7.17. The standard InChI is InChI=1S/C28H42O3/c1-7-27(5,25-15-11-23(12-16-25)19-29-9-3)21-31-22-28(6,8-2)26-17-13-24(14-18-26)20-30-10-4/h11-18H,7-10,19-22H2,1-6H3. The topological polar surface area (TPSA) is 27.7 Å². The van der Waals surface area contributed by atoms with Gasteiger partial charge in [-0.05, 0) is 48.9 Å². The van der Waals surface area contributed by atoms with Crippen LogP contribution in [-0.2, 0) is 38.3 Å². The van der Waals surface area contributed by atoms with Gasteiger partial charge in [0.05, 0.1) is 26.4 Å². The predicted octanol–water partition coefficient (Wildman–Crippen LogP) is 6.81. The van der Waals surface area contributed by atoms with Gasteiger partial charge in [0, 0.05) is 24.0 Å². The van der Waals surface area contributed by atoms with E-state index >= 15 is 0 Å². The summed E-state index contributed by atoms with van der Waals surface area (Å²) >= 11 is 0. The van der Waals surface area contributed by atoms with Gasteiger partial charge < -0.3 is 14.2 Å². The van der Waals surface area contributed by atoms with Crippen molar-refractivity contribution in [3.63, 3.8) is 0 Å². The molecule has 3 nitrogen and oxygen atoms in total. The molecule has 172 valence electrons. The van der Waals surface area contributed by atoms with Crippen molar-refractivity contribution in [1.82, 2.24) is 0 Å². The van der Waals surface area contributed by atoms with E-state index in [9.17, 15) is 0 Å². The average molecular weight is 427 g/mol. The predicted molar refractivity (Wildman–Crippen MR) is 130 cm³/mol. The Bertz CT molecular complexity index is 687. The van der Waals surface area contributed by atoms with Gasteiger partial charge in [-0.1, -0.05) is 76.2 Å². The molecule has 0 heterocycles. The molecule has 2 atom stereocenters. The van der Waals surface area contributed by atoms with Gasteiger partial charge in [-0.15, -0.1) is 0 Å². The number of hydrogen-bond donors (Lipinski definition) is 0. The van der Waals surface area contributed by atoms with E-state index in [-0.39, 0.29) is 10.8 Å². The lowest BCUT2D eigenvalue weighted by molar-refractivity contribution is 0.0510. The molecule has 0 saturated heterocycles. The van der Waals surface area contributed by atoms with Crippen molar-refractivity contribution in [3.8, 4) is 0 Å². The lowest BCUT2D eigenvalue weighted by atomic mass is 9.79. The van der Waals surface area contributed by atoms with Crippen molar-refractivity contribution in [2.75, 3.05) is 26.4 Å². The van der Waals surface area contributed by atoms with Gasteiger partial charge in [0.2, 0.25) is 0 Å². The van der Waals surface area contributed by atoms with E-state index in [0.29, 0.717) is 26.4 Å². The molecule has 0 spiro atoms. The highest BCUT2D eigenvalue weighted by Gasteiger charge is 2.29. The molecular formula is C28H42O3. The Morgan fingerprint density at radius 3 is 1.19 bits per heavy atom. The molecule has 0 N–H and O–H groups in total. The Kier molecular flexibility index (Phi) is 10.2. The first kappa shape index (κ1) is 25.6. The zero-order valence-electron chi connectivity index (χ0n) is 20.5. The minimum absolute atomic E-state index is 0.000143. The lowest BCUT2D eigenvalue weighted by Crippen LogP contribution is -2.33. The molecule has 3 heteroatoms. The molecule has 0 aromatic heterocycles.